The van der Waals surface area contributed by atoms with Crippen molar-refractivity contribution < 1.29 is 19.8 Å². The summed E-state index contributed by atoms with van der Waals surface area (Å²) >= 11 is 0. The SMILES string of the molecule is CC1C=C(O)C2=C(C(=O)C=CC2=O)C1O. The maximum absolute atomic E-state index is 11.5. The first kappa shape index (κ1) is 9.86. The highest BCUT2D eigenvalue weighted by Crippen LogP contribution is 2.31. The molecule has 0 aliphatic heterocycles. The quantitative estimate of drug-likeness (QED) is 0.564. The molecule has 0 bridgehead atoms. The second-order valence-electron chi connectivity index (χ2n) is 3.71. The third-order valence-corrected chi connectivity index (χ3v) is 2.64. The van der Waals surface area contributed by atoms with Crippen molar-refractivity contribution in [3.8, 4) is 0 Å². The molecule has 0 saturated carbocycles. The molecule has 2 N–H and O–H groups in total. The van der Waals surface area contributed by atoms with Gasteiger partial charge in [-0.2, -0.15) is 0 Å². The van der Waals surface area contributed by atoms with Gasteiger partial charge >= 0.3 is 0 Å². The van der Waals surface area contributed by atoms with E-state index in [1.807, 2.05) is 0 Å². The molecular weight excluding hydrogens is 196 g/mol. The van der Waals surface area contributed by atoms with Crippen molar-refractivity contribution in [1.29, 1.82) is 0 Å². The highest BCUT2D eigenvalue weighted by atomic mass is 16.3. The van der Waals surface area contributed by atoms with Gasteiger partial charge in [0.25, 0.3) is 0 Å². The fourth-order valence-corrected chi connectivity index (χ4v) is 1.82. The lowest BCUT2D eigenvalue weighted by molar-refractivity contribution is -0.116. The predicted octanol–water partition coefficient (Wildman–Crippen LogP) is 0.444. The van der Waals surface area contributed by atoms with Crippen molar-refractivity contribution in [1.82, 2.24) is 0 Å². The number of ketones is 2. The Labute approximate surface area is 86.2 Å². The molecular formula is C11H10O4. The lowest BCUT2D eigenvalue weighted by atomic mass is 9.80. The molecule has 0 aromatic rings. The molecule has 0 radical (unpaired) electrons. The van der Waals surface area contributed by atoms with Crippen molar-refractivity contribution >= 4 is 11.6 Å². The molecule has 2 rings (SSSR count). The summed E-state index contributed by atoms with van der Waals surface area (Å²) in [6, 6.07) is 0. The number of carbonyl (C=O) groups excluding carboxylic acids is 2. The molecule has 15 heavy (non-hydrogen) atoms. The van der Waals surface area contributed by atoms with Crippen LogP contribution in [0, 0.1) is 5.92 Å². The first-order valence-corrected chi connectivity index (χ1v) is 4.62. The predicted molar refractivity (Wildman–Crippen MR) is 52.1 cm³/mol. The van der Waals surface area contributed by atoms with Crippen LogP contribution >= 0.6 is 0 Å². The molecule has 0 fully saturated rings. The zero-order valence-electron chi connectivity index (χ0n) is 8.10. The third-order valence-electron chi connectivity index (χ3n) is 2.64. The fraction of sp³-hybridized carbons (Fsp3) is 0.273. The Balaban J connectivity index is 2.61. The summed E-state index contributed by atoms with van der Waals surface area (Å²) in [7, 11) is 0. The van der Waals surface area contributed by atoms with Crippen LogP contribution in [-0.4, -0.2) is 27.9 Å². The van der Waals surface area contributed by atoms with Crippen molar-refractivity contribution in [2.45, 2.75) is 13.0 Å². The molecule has 0 aromatic heterocycles. The van der Waals surface area contributed by atoms with E-state index >= 15 is 0 Å². The second kappa shape index (κ2) is 3.17. The van der Waals surface area contributed by atoms with Gasteiger partial charge in [0.2, 0.25) is 0 Å². The molecule has 2 atom stereocenters. The van der Waals surface area contributed by atoms with Crippen LogP contribution in [0.2, 0.25) is 0 Å². The average Bonchev–Trinajstić information content (AvgIpc) is 2.18. The van der Waals surface area contributed by atoms with Crippen molar-refractivity contribution in [3.05, 3.63) is 35.1 Å². The normalized spacial score (nSPS) is 30.4. The summed E-state index contributed by atoms with van der Waals surface area (Å²) in [5, 5.41) is 19.3. The van der Waals surface area contributed by atoms with Gasteiger partial charge in [-0.05, 0) is 18.2 Å². The van der Waals surface area contributed by atoms with Crippen LogP contribution in [0.25, 0.3) is 0 Å². The van der Waals surface area contributed by atoms with Crippen LogP contribution in [0.5, 0.6) is 0 Å². The Morgan fingerprint density at radius 1 is 1.20 bits per heavy atom. The Morgan fingerprint density at radius 2 is 1.80 bits per heavy atom. The van der Waals surface area contributed by atoms with E-state index in [9.17, 15) is 19.8 Å². The van der Waals surface area contributed by atoms with Crippen LogP contribution in [-0.2, 0) is 9.59 Å². The monoisotopic (exact) mass is 206 g/mol. The van der Waals surface area contributed by atoms with E-state index in [1.165, 1.54) is 6.08 Å². The molecule has 0 saturated heterocycles. The van der Waals surface area contributed by atoms with E-state index in [2.05, 4.69) is 0 Å². The second-order valence-corrected chi connectivity index (χ2v) is 3.71. The summed E-state index contributed by atoms with van der Waals surface area (Å²) in [5.41, 5.74) is -0.0527. The molecule has 0 aromatic carbocycles. The van der Waals surface area contributed by atoms with Gasteiger partial charge in [-0.15, -0.1) is 0 Å². The third kappa shape index (κ3) is 1.34. The van der Waals surface area contributed by atoms with Gasteiger partial charge in [0.15, 0.2) is 11.6 Å². The van der Waals surface area contributed by atoms with Gasteiger partial charge in [0.05, 0.1) is 11.7 Å². The maximum atomic E-state index is 11.5. The number of carbonyl (C=O) groups is 2. The Morgan fingerprint density at radius 3 is 2.47 bits per heavy atom. The van der Waals surface area contributed by atoms with E-state index in [1.54, 1.807) is 6.92 Å². The molecule has 0 heterocycles. The number of allylic oxidation sites excluding steroid dienone is 3. The molecule has 2 unspecified atom stereocenters. The Kier molecular flexibility index (Phi) is 2.08. The lowest BCUT2D eigenvalue weighted by Crippen LogP contribution is -2.32. The first-order chi connectivity index (χ1) is 7.02. The highest BCUT2D eigenvalue weighted by Gasteiger charge is 2.35. The molecule has 0 spiro atoms. The van der Waals surface area contributed by atoms with E-state index < -0.39 is 17.7 Å². The van der Waals surface area contributed by atoms with Crippen LogP contribution in [0.3, 0.4) is 0 Å². The summed E-state index contributed by atoms with van der Waals surface area (Å²) in [6.07, 6.45) is 2.59. The smallest absolute Gasteiger partial charge is 0.190 e. The molecule has 0 amide bonds. The molecule has 78 valence electrons. The van der Waals surface area contributed by atoms with E-state index in [0.717, 1.165) is 12.2 Å². The minimum Gasteiger partial charge on any atom is -0.507 e. The summed E-state index contributed by atoms with van der Waals surface area (Å²) < 4.78 is 0. The van der Waals surface area contributed by atoms with Gasteiger partial charge in [0.1, 0.15) is 5.76 Å². The Bertz CT molecular complexity index is 440. The fourth-order valence-electron chi connectivity index (χ4n) is 1.82. The summed E-state index contributed by atoms with van der Waals surface area (Å²) in [4.78, 5) is 22.9. The maximum Gasteiger partial charge on any atom is 0.190 e. The number of aliphatic hydroxyl groups excluding tert-OH is 2. The zero-order valence-corrected chi connectivity index (χ0v) is 8.10. The first-order valence-electron chi connectivity index (χ1n) is 4.62. The lowest BCUT2D eigenvalue weighted by Gasteiger charge is -2.26. The average molecular weight is 206 g/mol. The molecule has 4 heteroatoms. The van der Waals surface area contributed by atoms with Gasteiger partial charge in [-0.1, -0.05) is 6.92 Å². The summed E-state index contributed by atoms with van der Waals surface area (Å²) in [6.45, 7) is 1.67. The van der Waals surface area contributed by atoms with Crippen molar-refractivity contribution in [2.24, 2.45) is 5.92 Å². The van der Waals surface area contributed by atoms with Crippen molar-refractivity contribution in [2.75, 3.05) is 0 Å². The van der Waals surface area contributed by atoms with Gasteiger partial charge < -0.3 is 10.2 Å². The van der Waals surface area contributed by atoms with Crippen LogP contribution < -0.4 is 0 Å². The van der Waals surface area contributed by atoms with Crippen LogP contribution in [0.1, 0.15) is 6.92 Å². The van der Waals surface area contributed by atoms with Crippen LogP contribution in [0.15, 0.2) is 35.1 Å². The molecule has 2 aliphatic rings. The van der Waals surface area contributed by atoms with E-state index in [-0.39, 0.29) is 22.8 Å². The number of hydrogen-bond acceptors (Lipinski definition) is 4. The minimum atomic E-state index is -1.02. The largest absolute Gasteiger partial charge is 0.507 e. The zero-order chi connectivity index (χ0) is 11.2. The topological polar surface area (TPSA) is 74.6 Å². The minimum absolute atomic E-state index is 0.00926. The van der Waals surface area contributed by atoms with Crippen molar-refractivity contribution in [3.63, 3.8) is 0 Å². The van der Waals surface area contributed by atoms with Gasteiger partial charge in [-0.3, -0.25) is 9.59 Å². The van der Waals surface area contributed by atoms with Gasteiger partial charge in [0, 0.05) is 11.5 Å². The number of hydrogen-bond donors (Lipinski definition) is 2. The Hall–Kier alpha value is -1.68. The number of aliphatic hydroxyl groups is 2. The molecule has 2 aliphatic carbocycles. The summed E-state index contributed by atoms with van der Waals surface area (Å²) in [5.74, 6) is -1.44. The van der Waals surface area contributed by atoms with Gasteiger partial charge in [-0.25, -0.2) is 0 Å². The highest BCUT2D eigenvalue weighted by molar-refractivity contribution is 6.22. The standard InChI is InChI=1S/C11H10O4/c1-5-4-8(14)9-6(12)2-3-7(13)10(9)11(5)15/h2-5,11,14-15H,1H3. The molecule has 4 nitrogen and oxygen atoms in total. The van der Waals surface area contributed by atoms with E-state index in [4.69, 9.17) is 0 Å². The van der Waals surface area contributed by atoms with Crippen LogP contribution in [0.4, 0.5) is 0 Å². The number of rotatable bonds is 0. The van der Waals surface area contributed by atoms with E-state index in [0.29, 0.717) is 0 Å².